The molecule has 1 fully saturated rings. The van der Waals surface area contributed by atoms with Gasteiger partial charge >= 0.3 is 0 Å². The van der Waals surface area contributed by atoms with Gasteiger partial charge in [0.25, 0.3) is 5.56 Å². The number of aromatic amines is 1. The number of nitriles is 1. The predicted octanol–water partition coefficient (Wildman–Crippen LogP) is -1.10. The van der Waals surface area contributed by atoms with Crippen molar-refractivity contribution in [1.82, 2.24) is 19.5 Å². The van der Waals surface area contributed by atoms with E-state index in [0.717, 1.165) is 0 Å². The van der Waals surface area contributed by atoms with Crippen molar-refractivity contribution in [2.45, 2.75) is 25.0 Å². The molecule has 3 atom stereocenters. The molecule has 2 aromatic rings. The SMILES string of the molecule is N#C[C@]1(CO)C[C@@H](n2cnc3c(=O)[nH]c(N)nc32)C[C@@H]1O. The van der Waals surface area contributed by atoms with Crippen molar-refractivity contribution in [2.24, 2.45) is 5.41 Å². The Bertz CT molecular complexity index is 790. The van der Waals surface area contributed by atoms with Crippen LogP contribution in [0.15, 0.2) is 11.1 Å². The first-order valence-electron chi connectivity index (χ1n) is 6.43. The van der Waals surface area contributed by atoms with Gasteiger partial charge in [-0.2, -0.15) is 10.2 Å². The van der Waals surface area contributed by atoms with Crippen molar-refractivity contribution in [1.29, 1.82) is 5.26 Å². The molecule has 9 heteroatoms. The second-order valence-corrected chi connectivity index (χ2v) is 5.31. The lowest BCUT2D eigenvalue weighted by atomic mass is 9.87. The van der Waals surface area contributed by atoms with Crippen molar-refractivity contribution in [3.8, 4) is 6.07 Å². The van der Waals surface area contributed by atoms with Gasteiger partial charge in [0.2, 0.25) is 5.95 Å². The van der Waals surface area contributed by atoms with Crippen molar-refractivity contribution < 1.29 is 10.2 Å². The number of hydrogen-bond donors (Lipinski definition) is 4. The third kappa shape index (κ3) is 1.88. The number of aromatic nitrogens is 4. The number of nitrogen functional groups attached to an aromatic ring is 1. The third-order valence-corrected chi connectivity index (χ3v) is 4.08. The maximum Gasteiger partial charge on any atom is 0.280 e. The van der Waals surface area contributed by atoms with E-state index in [1.54, 1.807) is 4.57 Å². The minimum absolute atomic E-state index is 0.0264. The first-order chi connectivity index (χ1) is 10.0. The lowest BCUT2D eigenvalue weighted by Crippen LogP contribution is -2.31. The number of aliphatic hydroxyl groups is 2. The zero-order chi connectivity index (χ0) is 15.2. The third-order valence-electron chi connectivity index (χ3n) is 4.08. The molecule has 0 bridgehead atoms. The van der Waals surface area contributed by atoms with Crippen molar-refractivity contribution in [3.05, 3.63) is 16.7 Å². The quantitative estimate of drug-likeness (QED) is 0.547. The van der Waals surface area contributed by atoms with Crippen LogP contribution in [0.3, 0.4) is 0 Å². The summed E-state index contributed by atoms with van der Waals surface area (Å²) < 4.78 is 1.62. The van der Waals surface area contributed by atoms with Crippen LogP contribution in [0.25, 0.3) is 11.2 Å². The Labute approximate surface area is 118 Å². The highest BCUT2D eigenvalue weighted by Crippen LogP contribution is 2.44. The summed E-state index contributed by atoms with van der Waals surface area (Å²) in [5, 5.41) is 28.7. The highest BCUT2D eigenvalue weighted by Gasteiger charge is 2.48. The summed E-state index contributed by atoms with van der Waals surface area (Å²) >= 11 is 0. The number of anilines is 1. The second-order valence-electron chi connectivity index (χ2n) is 5.31. The van der Waals surface area contributed by atoms with Gasteiger partial charge in [-0.05, 0) is 12.8 Å². The predicted molar refractivity (Wildman–Crippen MR) is 72.0 cm³/mol. The molecular weight excluding hydrogens is 276 g/mol. The van der Waals surface area contributed by atoms with Gasteiger partial charge in [0.15, 0.2) is 11.2 Å². The molecule has 5 N–H and O–H groups in total. The summed E-state index contributed by atoms with van der Waals surface area (Å²) in [5.41, 5.74) is 4.35. The van der Waals surface area contributed by atoms with Gasteiger partial charge in [-0.3, -0.25) is 9.78 Å². The van der Waals surface area contributed by atoms with E-state index in [2.05, 4.69) is 15.0 Å². The van der Waals surface area contributed by atoms with E-state index in [1.165, 1.54) is 6.33 Å². The molecule has 0 aromatic carbocycles. The van der Waals surface area contributed by atoms with Crippen LogP contribution in [0.5, 0.6) is 0 Å². The van der Waals surface area contributed by atoms with E-state index in [1.807, 2.05) is 6.07 Å². The second kappa shape index (κ2) is 4.54. The average molecular weight is 290 g/mol. The fourth-order valence-electron chi connectivity index (χ4n) is 2.87. The maximum absolute atomic E-state index is 11.7. The zero-order valence-electron chi connectivity index (χ0n) is 11.0. The topological polar surface area (TPSA) is 154 Å². The van der Waals surface area contributed by atoms with Crippen LogP contribution in [0.2, 0.25) is 0 Å². The molecule has 9 nitrogen and oxygen atoms in total. The minimum Gasteiger partial charge on any atom is -0.395 e. The Balaban J connectivity index is 2.07. The standard InChI is InChI=1S/C12H14N6O3/c13-3-12(4-19)2-6(1-7(12)20)18-5-15-8-9(18)16-11(14)17-10(8)21/h5-7,19-20H,1-2,4H2,(H3,14,16,17,21)/t6-,7-,12-/m0/s1. The van der Waals surface area contributed by atoms with Gasteiger partial charge in [-0.25, -0.2) is 4.98 Å². The molecule has 1 saturated carbocycles. The molecule has 21 heavy (non-hydrogen) atoms. The molecule has 0 spiro atoms. The summed E-state index contributed by atoms with van der Waals surface area (Å²) in [6.07, 6.45) is 1.01. The van der Waals surface area contributed by atoms with E-state index in [0.29, 0.717) is 5.65 Å². The number of aliphatic hydroxyl groups excluding tert-OH is 2. The lowest BCUT2D eigenvalue weighted by Gasteiger charge is -2.21. The highest BCUT2D eigenvalue weighted by atomic mass is 16.3. The maximum atomic E-state index is 11.7. The molecule has 3 rings (SSSR count). The Morgan fingerprint density at radius 3 is 3.05 bits per heavy atom. The normalized spacial score (nSPS) is 28.8. The van der Waals surface area contributed by atoms with Gasteiger partial charge < -0.3 is 20.5 Å². The number of nitrogens with one attached hydrogen (secondary N) is 1. The van der Waals surface area contributed by atoms with E-state index < -0.39 is 23.7 Å². The van der Waals surface area contributed by atoms with Crippen LogP contribution in [-0.4, -0.2) is 42.4 Å². The molecular formula is C12H14N6O3. The molecule has 0 radical (unpaired) electrons. The van der Waals surface area contributed by atoms with Crippen LogP contribution in [0, 0.1) is 16.7 Å². The lowest BCUT2D eigenvalue weighted by molar-refractivity contribution is 0.0460. The fourth-order valence-corrected chi connectivity index (χ4v) is 2.87. The summed E-state index contributed by atoms with van der Waals surface area (Å²) in [7, 11) is 0. The van der Waals surface area contributed by atoms with Crippen LogP contribution >= 0.6 is 0 Å². The number of nitrogens with two attached hydrogens (primary N) is 1. The van der Waals surface area contributed by atoms with Gasteiger partial charge in [-0.1, -0.05) is 0 Å². The van der Waals surface area contributed by atoms with E-state index in [9.17, 15) is 20.3 Å². The van der Waals surface area contributed by atoms with E-state index in [-0.39, 0.29) is 30.3 Å². The Kier molecular flexibility index (Phi) is 2.93. The Hall–Kier alpha value is -2.44. The molecule has 110 valence electrons. The molecule has 0 saturated heterocycles. The fraction of sp³-hybridized carbons (Fsp3) is 0.500. The van der Waals surface area contributed by atoms with Crippen molar-refractivity contribution >= 4 is 17.1 Å². The van der Waals surface area contributed by atoms with Crippen molar-refractivity contribution in [3.63, 3.8) is 0 Å². The molecule has 2 heterocycles. The largest absolute Gasteiger partial charge is 0.395 e. The molecule has 0 aliphatic heterocycles. The van der Waals surface area contributed by atoms with Gasteiger partial charge in [0.05, 0.1) is 25.1 Å². The summed E-state index contributed by atoms with van der Waals surface area (Å²) in [4.78, 5) is 22.2. The first kappa shape index (κ1) is 13.5. The molecule has 0 unspecified atom stereocenters. The van der Waals surface area contributed by atoms with Crippen LogP contribution < -0.4 is 11.3 Å². The number of nitrogens with zero attached hydrogens (tertiary/aromatic N) is 4. The number of fused-ring (bicyclic) bond motifs is 1. The monoisotopic (exact) mass is 290 g/mol. The van der Waals surface area contributed by atoms with Gasteiger partial charge in [0, 0.05) is 6.04 Å². The summed E-state index contributed by atoms with van der Waals surface area (Å²) in [5.74, 6) is -0.0264. The zero-order valence-corrected chi connectivity index (χ0v) is 11.0. The van der Waals surface area contributed by atoms with Crippen molar-refractivity contribution in [2.75, 3.05) is 12.3 Å². The van der Waals surface area contributed by atoms with Crippen LogP contribution in [0.4, 0.5) is 5.95 Å². The number of imidazole rings is 1. The Morgan fingerprint density at radius 2 is 2.43 bits per heavy atom. The Morgan fingerprint density at radius 1 is 1.67 bits per heavy atom. The van der Waals surface area contributed by atoms with Gasteiger partial charge in [-0.15, -0.1) is 0 Å². The van der Waals surface area contributed by atoms with Crippen LogP contribution in [0.1, 0.15) is 18.9 Å². The molecule has 1 aliphatic carbocycles. The number of H-pyrrole nitrogens is 1. The van der Waals surface area contributed by atoms with E-state index >= 15 is 0 Å². The number of hydrogen-bond acceptors (Lipinski definition) is 7. The minimum atomic E-state index is -1.20. The number of rotatable bonds is 2. The summed E-state index contributed by atoms with van der Waals surface area (Å²) in [6.45, 7) is -0.427. The smallest absolute Gasteiger partial charge is 0.280 e. The van der Waals surface area contributed by atoms with Crippen LogP contribution in [-0.2, 0) is 0 Å². The average Bonchev–Trinajstić information content (AvgIpc) is 3.00. The first-order valence-corrected chi connectivity index (χ1v) is 6.43. The molecule has 1 aliphatic rings. The van der Waals surface area contributed by atoms with E-state index in [4.69, 9.17) is 5.73 Å². The van der Waals surface area contributed by atoms with Gasteiger partial charge in [0.1, 0.15) is 5.41 Å². The molecule has 2 aromatic heterocycles. The highest BCUT2D eigenvalue weighted by molar-refractivity contribution is 5.70. The molecule has 0 amide bonds. The summed E-state index contributed by atoms with van der Waals surface area (Å²) in [6, 6.07) is 1.71.